The van der Waals surface area contributed by atoms with Gasteiger partial charge in [0.15, 0.2) is 16.7 Å². The van der Waals surface area contributed by atoms with Gasteiger partial charge in [0.25, 0.3) is 5.56 Å². The summed E-state index contributed by atoms with van der Waals surface area (Å²) in [5.41, 5.74) is 2.51. The first-order chi connectivity index (χ1) is 14.5. The average Bonchev–Trinajstić information content (AvgIpc) is 3.12. The number of anilines is 1. The summed E-state index contributed by atoms with van der Waals surface area (Å²) < 4.78 is 12.7. The molecular formula is C21H24N4O4S. The standard InChI is InChI=1S/C21H24N4O4S/c1-4-13(3)25-20(27)19-15(9-12(2)22-19)24-21(25)30-11-18(26)23-14-5-6-16-17(10-14)29-8-7-28-16/h5-6,9-10,13,22H,4,7-8,11H2,1-3H3,(H,23,26)/t13-/m0/s1. The molecule has 1 atom stereocenters. The second-order valence-electron chi connectivity index (χ2n) is 7.23. The van der Waals surface area contributed by atoms with Gasteiger partial charge in [0, 0.05) is 23.5 Å². The first-order valence-corrected chi connectivity index (χ1v) is 10.9. The predicted octanol–water partition coefficient (Wildman–Crippen LogP) is 3.51. The van der Waals surface area contributed by atoms with E-state index < -0.39 is 0 Å². The number of H-pyrrole nitrogens is 1. The molecule has 1 aromatic carbocycles. The van der Waals surface area contributed by atoms with Crippen molar-refractivity contribution in [2.75, 3.05) is 24.3 Å². The lowest BCUT2D eigenvalue weighted by Gasteiger charge is -2.19. The number of hydrogen-bond acceptors (Lipinski definition) is 6. The zero-order valence-corrected chi connectivity index (χ0v) is 18.0. The minimum atomic E-state index is -0.188. The van der Waals surface area contributed by atoms with Crippen molar-refractivity contribution in [3.8, 4) is 11.5 Å². The molecule has 4 rings (SSSR count). The van der Waals surface area contributed by atoms with E-state index in [9.17, 15) is 9.59 Å². The maximum atomic E-state index is 13.0. The lowest BCUT2D eigenvalue weighted by molar-refractivity contribution is -0.113. The third-order valence-corrected chi connectivity index (χ3v) is 5.93. The SMILES string of the molecule is CC[C@H](C)n1c(SCC(=O)Nc2ccc3c(c2)OCCO3)nc2cc(C)[nH]c2c1=O. The molecule has 3 aromatic rings. The van der Waals surface area contributed by atoms with Crippen LogP contribution in [0.3, 0.4) is 0 Å². The van der Waals surface area contributed by atoms with E-state index in [4.69, 9.17) is 9.47 Å². The van der Waals surface area contributed by atoms with Crippen LogP contribution in [0.4, 0.5) is 5.69 Å². The Bertz CT molecular complexity index is 1150. The third kappa shape index (κ3) is 4.02. The van der Waals surface area contributed by atoms with Crippen molar-refractivity contribution < 1.29 is 14.3 Å². The summed E-state index contributed by atoms with van der Waals surface area (Å²) >= 11 is 1.26. The van der Waals surface area contributed by atoms with E-state index >= 15 is 0 Å². The Morgan fingerprint density at radius 3 is 2.83 bits per heavy atom. The van der Waals surface area contributed by atoms with E-state index in [-0.39, 0.29) is 23.3 Å². The number of ether oxygens (including phenoxy) is 2. The highest BCUT2D eigenvalue weighted by molar-refractivity contribution is 7.99. The highest BCUT2D eigenvalue weighted by atomic mass is 32.2. The van der Waals surface area contributed by atoms with E-state index in [1.165, 1.54) is 11.8 Å². The smallest absolute Gasteiger partial charge is 0.278 e. The van der Waals surface area contributed by atoms with E-state index in [2.05, 4.69) is 15.3 Å². The zero-order chi connectivity index (χ0) is 21.3. The lowest BCUT2D eigenvalue weighted by Crippen LogP contribution is -2.26. The van der Waals surface area contributed by atoms with Crippen LogP contribution in [0.5, 0.6) is 11.5 Å². The van der Waals surface area contributed by atoms with Gasteiger partial charge in [-0.2, -0.15) is 0 Å². The first kappa shape index (κ1) is 20.3. The van der Waals surface area contributed by atoms with Crippen molar-refractivity contribution in [2.45, 2.75) is 38.4 Å². The molecule has 0 fully saturated rings. The first-order valence-electron chi connectivity index (χ1n) is 9.90. The van der Waals surface area contributed by atoms with Crippen LogP contribution in [0.1, 0.15) is 32.0 Å². The van der Waals surface area contributed by atoms with Crippen molar-refractivity contribution in [3.05, 3.63) is 40.3 Å². The normalized spacial score (nSPS) is 14.0. The van der Waals surface area contributed by atoms with Crippen LogP contribution < -0.4 is 20.3 Å². The van der Waals surface area contributed by atoms with Gasteiger partial charge in [-0.05, 0) is 38.5 Å². The molecule has 1 aliphatic heterocycles. The predicted molar refractivity (Wildman–Crippen MR) is 117 cm³/mol. The number of carbonyl (C=O) groups excluding carboxylic acids is 1. The fourth-order valence-electron chi connectivity index (χ4n) is 3.31. The number of hydrogen-bond donors (Lipinski definition) is 2. The van der Waals surface area contributed by atoms with Gasteiger partial charge in [0.05, 0.1) is 11.3 Å². The highest BCUT2D eigenvalue weighted by Crippen LogP contribution is 2.32. The van der Waals surface area contributed by atoms with Crippen LogP contribution in [0, 0.1) is 6.92 Å². The number of benzene rings is 1. The van der Waals surface area contributed by atoms with Gasteiger partial charge in [-0.25, -0.2) is 4.98 Å². The number of aryl methyl sites for hydroxylation is 1. The maximum Gasteiger partial charge on any atom is 0.278 e. The summed E-state index contributed by atoms with van der Waals surface area (Å²) in [5.74, 6) is 1.23. The topological polar surface area (TPSA) is 98.2 Å². The number of nitrogens with one attached hydrogen (secondary N) is 2. The number of amides is 1. The Morgan fingerprint density at radius 1 is 1.30 bits per heavy atom. The molecule has 158 valence electrons. The van der Waals surface area contributed by atoms with E-state index in [1.54, 1.807) is 22.8 Å². The molecule has 9 heteroatoms. The van der Waals surface area contributed by atoms with Crippen molar-refractivity contribution in [1.82, 2.24) is 14.5 Å². The number of carbonyl (C=O) groups is 1. The van der Waals surface area contributed by atoms with Crippen molar-refractivity contribution >= 4 is 34.4 Å². The highest BCUT2D eigenvalue weighted by Gasteiger charge is 2.18. The number of nitrogens with zero attached hydrogens (tertiary/aromatic N) is 2. The Morgan fingerprint density at radius 2 is 2.07 bits per heavy atom. The van der Waals surface area contributed by atoms with E-state index in [0.29, 0.717) is 46.6 Å². The van der Waals surface area contributed by atoms with Gasteiger partial charge in [-0.3, -0.25) is 14.2 Å². The van der Waals surface area contributed by atoms with Gasteiger partial charge in [0.1, 0.15) is 18.7 Å². The maximum absolute atomic E-state index is 13.0. The molecule has 0 saturated heterocycles. The number of aromatic amines is 1. The summed E-state index contributed by atoms with van der Waals surface area (Å²) in [7, 11) is 0. The molecular weight excluding hydrogens is 404 g/mol. The number of aromatic nitrogens is 3. The molecule has 0 aliphatic carbocycles. The van der Waals surface area contributed by atoms with Crippen molar-refractivity contribution in [3.63, 3.8) is 0 Å². The zero-order valence-electron chi connectivity index (χ0n) is 17.2. The van der Waals surface area contributed by atoms with Crippen LogP contribution in [0.15, 0.2) is 34.2 Å². The van der Waals surface area contributed by atoms with Gasteiger partial charge >= 0.3 is 0 Å². The van der Waals surface area contributed by atoms with Crippen LogP contribution >= 0.6 is 11.8 Å². The van der Waals surface area contributed by atoms with Gasteiger partial charge in [0.2, 0.25) is 5.91 Å². The van der Waals surface area contributed by atoms with E-state index in [0.717, 1.165) is 12.1 Å². The fraction of sp³-hybridized carbons (Fsp3) is 0.381. The Balaban J connectivity index is 1.52. The number of rotatable bonds is 6. The Hall–Kier alpha value is -2.94. The van der Waals surface area contributed by atoms with Crippen molar-refractivity contribution in [2.24, 2.45) is 0 Å². The Labute approximate surface area is 178 Å². The monoisotopic (exact) mass is 428 g/mol. The quantitative estimate of drug-likeness (QED) is 0.461. The molecule has 0 spiro atoms. The second kappa shape index (κ2) is 8.43. The molecule has 0 bridgehead atoms. The largest absolute Gasteiger partial charge is 0.486 e. The molecule has 2 aromatic heterocycles. The third-order valence-electron chi connectivity index (χ3n) is 4.98. The van der Waals surface area contributed by atoms with Crippen LogP contribution in [-0.2, 0) is 4.79 Å². The molecule has 0 unspecified atom stereocenters. The second-order valence-corrected chi connectivity index (χ2v) is 8.18. The summed E-state index contributed by atoms with van der Waals surface area (Å²) in [5, 5.41) is 3.40. The molecule has 0 saturated carbocycles. The minimum absolute atomic E-state index is 0.0265. The molecule has 1 amide bonds. The van der Waals surface area contributed by atoms with Crippen molar-refractivity contribution in [1.29, 1.82) is 0 Å². The summed E-state index contributed by atoms with van der Waals surface area (Å²) in [6.45, 7) is 6.89. The summed E-state index contributed by atoms with van der Waals surface area (Å²) in [6, 6.07) is 7.12. The molecule has 3 heterocycles. The molecule has 30 heavy (non-hydrogen) atoms. The lowest BCUT2D eigenvalue weighted by atomic mass is 10.2. The average molecular weight is 429 g/mol. The summed E-state index contributed by atoms with van der Waals surface area (Å²) in [6.07, 6.45) is 0.781. The minimum Gasteiger partial charge on any atom is -0.486 e. The van der Waals surface area contributed by atoms with Crippen LogP contribution in [0.2, 0.25) is 0 Å². The molecule has 1 aliphatic rings. The molecule has 2 N–H and O–H groups in total. The van der Waals surface area contributed by atoms with Crippen LogP contribution in [0.25, 0.3) is 11.0 Å². The number of thioether (sulfide) groups is 1. The van der Waals surface area contributed by atoms with Crippen LogP contribution in [-0.4, -0.2) is 39.4 Å². The van der Waals surface area contributed by atoms with E-state index in [1.807, 2.05) is 26.8 Å². The number of fused-ring (bicyclic) bond motifs is 2. The fourth-order valence-corrected chi connectivity index (χ4v) is 4.21. The Kier molecular flexibility index (Phi) is 5.72. The molecule has 0 radical (unpaired) electrons. The summed E-state index contributed by atoms with van der Waals surface area (Å²) in [4.78, 5) is 33.2. The van der Waals surface area contributed by atoms with Gasteiger partial charge in [-0.1, -0.05) is 18.7 Å². The van der Waals surface area contributed by atoms with Gasteiger partial charge < -0.3 is 19.8 Å². The van der Waals surface area contributed by atoms with Gasteiger partial charge in [-0.15, -0.1) is 0 Å². The molecule has 8 nitrogen and oxygen atoms in total.